The Labute approximate surface area is 84.1 Å². The van der Waals surface area contributed by atoms with Crippen LogP contribution >= 0.6 is 0 Å². The number of carboxylic acid groups (broad SMARTS) is 1. The van der Waals surface area contributed by atoms with E-state index in [0.717, 1.165) is 0 Å². The van der Waals surface area contributed by atoms with Crippen molar-refractivity contribution in [3.8, 4) is 11.6 Å². The van der Waals surface area contributed by atoms with E-state index in [0.29, 0.717) is 17.4 Å². The average molecular weight is 208 g/mol. The second kappa shape index (κ2) is 3.91. The van der Waals surface area contributed by atoms with Gasteiger partial charge in [-0.05, 0) is 6.07 Å². The summed E-state index contributed by atoms with van der Waals surface area (Å²) < 4.78 is 4.92. The van der Waals surface area contributed by atoms with Crippen LogP contribution in [-0.4, -0.2) is 31.4 Å². The molecule has 0 atom stereocenters. The molecule has 2 heterocycles. The lowest BCUT2D eigenvalue weighted by molar-refractivity contribution is -0.137. The second-order valence-corrected chi connectivity index (χ2v) is 2.88. The minimum atomic E-state index is -0.886. The van der Waals surface area contributed by atoms with E-state index in [9.17, 15) is 4.79 Å². The van der Waals surface area contributed by atoms with Crippen molar-refractivity contribution < 1.29 is 14.4 Å². The number of nitrogens with zero attached hydrogens (tertiary/aromatic N) is 3. The fourth-order valence-electron chi connectivity index (χ4n) is 1.06. The zero-order chi connectivity index (χ0) is 10.7. The molecule has 0 spiro atoms. The predicted molar refractivity (Wildman–Crippen MR) is 47.8 cm³/mol. The van der Waals surface area contributed by atoms with Crippen molar-refractivity contribution in [2.24, 2.45) is 0 Å². The summed E-state index contributed by atoms with van der Waals surface area (Å²) in [5.74, 6) is -0.197. The summed E-state index contributed by atoms with van der Waals surface area (Å²) in [6.07, 6.45) is 1.81. The topological polar surface area (TPSA) is 105 Å². The first-order valence-electron chi connectivity index (χ1n) is 4.30. The number of aryl methyl sites for hydroxylation is 1. The van der Waals surface area contributed by atoms with E-state index >= 15 is 0 Å². The number of aromatic nitrogens is 4. The molecule has 7 heteroatoms. The van der Waals surface area contributed by atoms with Crippen LogP contribution in [-0.2, 0) is 11.2 Å². The molecule has 0 radical (unpaired) electrons. The molecule has 2 aromatic heterocycles. The van der Waals surface area contributed by atoms with E-state index < -0.39 is 5.97 Å². The summed E-state index contributed by atoms with van der Waals surface area (Å²) in [6.45, 7) is 0. The zero-order valence-electron chi connectivity index (χ0n) is 7.67. The summed E-state index contributed by atoms with van der Waals surface area (Å²) in [6, 6.07) is 1.69. The molecule has 0 amide bonds. The van der Waals surface area contributed by atoms with Crippen molar-refractivity contribution in [2.75, 3.05) is 0 Å². The standard InChI is InChI=1S/C8H8N4O3/c13-7(14)2-1-6-10-8(15-12-6)5-3-4-9-11-5/h3-4H,1-2H2,(H,9,11)(H,13,14). The third-order valence-electron chi connectivity index (χ3n) is 1.76. The summed E-state index contributed by atoms with van der Waals surface area (Å²) in [5, 5.41) is 18.5. The molecule has 0 fully saturated rings. The van der Waals surface area contributed by atoms with Crippen molar-refractivity contribution in [3.05, 3.63) is 18.1 Å². The first kappa shape index (κ1) is 9.38. The lowest BCUT2D eigenvalue weighted by Crippen LogP contribution is -1.98. The molecule has 0 saturated carbocycles. The monoisotopic (exact) mass is 208 g/mol. The summed E-state index contributed by atoms with van der Waals surface area (Å²) in [5.41, 5.74) is 0.615. The Kier molecular flexibility index (Phi) is 2.44. The van der Waals surface area contributed by atoms with Gasteiger partial charge in [-0.15, -0.1) is 0 Å². The number of carbonyl (C=O) groups is 1. The molecule has 78 valence electrons. The van der Waals surface area contributed by atoms with Crippen LogP contribution < -0.4 is 0 Å². The van der Waals surface area contributed by atoms with Gasteiger partial charge in [-0.3, -0.25) is 9.89 Å². The molecule has 0 aromatic carbocycles. The van der Waals surface area contributed by atoms with Crippen molar-refractivity contribution >= 4 is 5.97 Å². The number of hydrogen-bond acceptors (Lipinski definition) is 5. The van der Waals surface area contributed by atoms with Gasteiger partial charge in [-0.25, -0.2) is 0 Å². The van der Waals surface area contributed by atoms with Crippen molar-refractivity contribution in [1.82, 2.24) is 20.3 Å². The van der Waals surface area contributed by atoms with Gasteiger partial charge in [0.15, 0.2) is 5.82 Å². The summed E-state index contributed by atoms with van der Waals surface area (Å²) >= 11 is 0. The van der Waals surface area contributed by atoms with E-state index in [1.165, 1.54) is 0 Å². The maximum atomic E-state index is 10.3. The van der Waals surface area contributed by atoms with Crippen LogP contribution in [0.3, 0.4) is 0 Å². The summed E-state index contributed by atoms with van der Waals surface area (Å²) in [7, 11) is 0. The van der Waals surface area contributed by atoms with Gasteiger partial charge in [0, 0.05) is 12.6 Å². The van der Waals surface area contributed by atoms with Crippen molar-refractivity contribution in [1.29, 1.82) is 0 Å². The highest BCUT2D eigenvalue weighted by Gasteiger charge is 2.10. The van der Waals surface area contributed by atoms with Crippen LogP contribution in [0.25, 0.3) is 11.6 Å². The quantitative estimate of drug-likeness (QED) is 0.756. The van der Waals surface area contributed by atoms with Gasteiger partial charge in [0.2, 0.25) is 0 Å². The maximum absolute atomic E-state index is 10.3. The maximum Gasteiger partial charge on any atom is 0.303 e. The number of rotatable bonds is 4. The van der Waals surface area contributed by atoms with Gasteiger partial charge in [0.05, 0.1) is 6.42 Å². The highest BCUT2D eigenvalue weighted by molar-refractivity contribution is 5.66. The Morgan fingerprint density at radius 1 is 1.60 bits per heavy atom. The lowest BCUT2D eigenvalue weighted by atomic mass is 10.3. The smallest absolute Gasteiger partial charge is 0.303 e. The van der Waals surface area contributed by atoms with Gasteiger partial charge in [0.1, 0.15) is 5.69 Å². The van der Waals surface area contributed by atoms with Crippen LogP contribution in [0.5, 0.6) is 0 Å². The van der Waals surface area contributed by atoms with Gasteiger partial charge >= 0.3 is 5.97 Å². The van der Waals surface area contributed by atoms with Gasteiger partial charge < -0.3 is 9.63 Å². The molecule has 0 aliphatic carbocycles. The fraction of sp³-hybridized carbons (Fsp3) is 0.250. The number of aromatic amines is 1. The highest BCUT2D eigenvalue weighted by atomic mass is 16.5. The van der Waals surface area contributed by atoms with E-state index in [4.69, 9.17) is 9.63 Å². The first-order chi connectivity index (χ1) is 7.25. The van der Waals surface area contributed by atoms with Crippen molar-refractivity contribution in [3.63, 3.8) is 0 Å². The Morgan fingerprint density at radius 2 is 2.47 bits per heavy atom. The normalized spacial score (nSPS) is 10.4. The number of aliphatic carboxylic acids is 1. The SMILES string of the molecule is O=C(O)CCc1noc(-c2ccn[nH]2)n1. The van der Waals surface area contributed by atoms with Crippen molar-refractivity contribution in [2.45, 2.75) is 12.8 Å². The van der Waals surface area contributed by atoms with E-state index in [1.54, 1.807) is 12.3 Å². The third-order valence-corrected chi connectivity index (χ3v) is 1.76. The molecule has 2 N–H and O–H groups in total. The van der Waals surface area contributed by atoms with Gasteiger partial charge in [0.25, 0.3) is 5.89 Å². The van der Waals surface area contributed by atoms with Crippen LogP contribution in [0.1, 0.15) is 12.2 Å². The molecule has 0 aliphatic heterocycles. The number of H-pyrrole nitrogens is 1. The zero-order valence-corrected chi connectivity index (χ0v) is 7.67. The Balaban J connectivity index is 2.08. The van der Waals surface area contributed by atoms with Gasteiger partial charge in [-0.2, -0.15) is 10.1 Å². The molecule has 0 aliphatic rings. The van der Waals surface area contributed by atoms with E-state index in [-0.39, 0.29) is 12.8 Å². The Hall–Kier alpha value is -2.18. The molecule has 2 aromatic rings. The van der Waals surface area contributed by atoms with E-state index in [1.807, 2.05) is 0 Å². The van der Waals surface area contributed by atoms with E-state index in [2.05, 4.69) is 20.3 Å². The molecule has 2 rings (SSSR count). The molecule has 15 heavy (non-hydrogen) atoms. The Bertz CT molecular complexity index is 448. The number of nitrogens with one attached hydrogen (secondary N) is 1. The largest absolute Gasteiger partial charge is 0.481 e. The number of carboxylic acids is 1. The molecule has 0 saturated heterocycles. The molecular formula is C8H8N4O3. The van der Waals surface area contributed by atoms with Crippen LogP contribution in [0.4, 0.5) is 0 Å². The van der Waals surface area contributed by atoms with Crippen LogP contribution in [0.2, 0.25) is 0 Å². The molecule has 0 unspecified atom stereocenters. The first-order valence-corrected chi connectivity index (χ1v) is 4.30. The Morgan fingerprint density at radius 3 is 3.13 bits per heavy atom. The lowest BCUT2D eigenvalue weighted by Gasteiger charge is -1.87. The molecule has 7 nitrogen and oxygen atoms in total. The fourth-order valence-corrected chi connectivity index (χ4v) is 1.06. The third kappa shape index (κ3) is 2.19. The minimum absolute atomic E-state index is 0.0120. The predicted octanol–water partition coefficient (Wildman–Crippen LogP) is 0.477. The molecule has 0 bridgehead atoms. The van der Waals surface area contributed by atoms with Gasteiger partial charge in [-0.1, -0.05) is 5.16 Å². The van der Waals surface area contributed by atoms with Crippen LogP contribution in [0.15, 0.2) is 16.8 Å². The second-order valence-electron chi connectivity index (χ2n) is 2.88. The number of hydrogen-bond donors (Lipinski definition) is 2. The van der Waals surface area contributed by atoms with Crippen LogP contribution in [0, 0.1) is 0 Å². The highest BCUT2D eigenvalue weighted by Crippen LogP contribution is 2.13. The average Bonchev–Trinajstić information content (AvgIpc) is 2.85. The minimum Gasteiger partial charge on any atom is -0.481 e. The summed E-state index contributed by atoms with van der Waals surface area (Å²) in [4.78, 5) is 14.3. The molecular weight excluding hydrogens is 200 g/mol.